The van der Waals surface area contributed by atoms with Gasteiger partial charge in [0.2, 0.25) is 0 Å². The van der Waals surface area contributed by atoms with Crippen molar-refractivity contribution in [1.29, 1.82) is 0 Å². The Morgan fingerprint density at radius 2 is 2.30 bits per heavy atom. The topological polar surface area (TPSA) is 49.3 Å². The minimum atomic E-state index is -0.645. The molecule has 0 aromatic rings. The van der Waals surface area contributed by atoms with Gasteiger partial charge >= 0.3 is 5.97 Å². The van der Waals surface area contributed by atoms with Gasteiger partial charge in [0.25, 0.3) is 0 Å². The van der Waals surface area contributed by atoms with Gasteiger partial charge in [-0.1, -0.05) is 6.92 Å². The Kier molecular flexibility index (Phi) is 1.94. The van der Waals surface area contributed by atoms with Crippen LogP contribution in [0.1, 0.15) is 19.8 Å². The molecule has 0 aromatic heterocycles. The van der Waals surface area contributed by atoms with Crippen molar-refractivity contribution in [3.63, 3.8) is 0 Å². The lowest BCUT2D eigenvalue weighted by atomic mass is 10.1. The van der Waals surface area contributed by atoms with E-state index in [0.29, 0.717) is 6.54 Å². The van der Waals surface area contributed by atoms with Gasteiger partial charge in [-0.05, 0) is 19.4 Å². The molecule has 1 fully saturated rings. The Labute approximate surface area is 60.4 Å². The zero-order valence-corrected chi connectivity index (χ0v) is 6.18. The zero-order chi connectivity index (χ0) is 7.61. The van der Waals surface area contributed by atoms with Crippen molar-refractivity contribution in [2.24, 2.45) is 5.41 Å². The van der Waals surface area contributed by atoms with E-state index in [-0.39, 0.29) is 0 Å². The number of carboxylic acid groups (broad SMARTS) is 1. The molecule has 0 radical (unpaired) electrons. The lowest BCUT2D eigenvalue weighted by Crippen LogP contribution is -2.29. The summed E-state index contributed by atoms with van der Waals surface area (Å²) < 4.78 is 0. The molecule has 0 atom stereocenters. The molecule has 0 bridgehead atoms. The predicted molar refractivity (Wildman–Crippen MR) is 37.8 cm³/mol. The SMILES string of the molecule is CCNCC1(C(=O)O)CC1. The monoisotopic (exact) mass is 143 g/mol. The van der Waals surface area contributed by atoms with E-state index in [1.54, 1.807) is 0 Å². The van der Waals surface area contributed by atoms with E-state index in [1.165, 1.54) is 0 Å². The molecule has 0 unspecified atom stereocenters. The fourth-order valence-corrected chi connectivity index (χ4v) is 0.981. The second kappa shape index (κ2) is 2.58. The van der Waals surface area contributed by atoms with Crippen molar-refractivity contribution >= 4 is 5.97 Å². The highest BCUT2D eigenvalue weighted by Gasteiger charge is 2.49. The highest BCUT2D eigenvalue weighted by atomic mass is 16.4. The maximum absolute atomic E-state index is 10.5. The average molecular weight is 143 g/mol. The van der Waals surface area contributed by atoms with Gasteiger partial charge in [0.05, 0.1) is 5.41 Å². The van der Waals surface area contributed by atoms with Gasteiger partial charge in [0.15, 0.2) is 0 Å². The molecule has 1 aliphatic carbocycles. The molecule has 2 N–H and O–H groups in total. The molecule has 0 heterocycles. The van der Waals surface area contributed by atoms with Gasteiger partial charge in [0.1, 0.15) is 0 Å². The van der Waals surface area contributed by atoms with Crippen LogP contribution >= 0.6 is 0 Å². The number of rotatable bonds is 4. The van der Waals surface area contributed by atoms with Gasteiger partial charge in [-0.15, -0.1) is 0 Å². The minimum Gasteiger partial charge on any atom is -0.481 e. The van der Waals surface area contributed by atoms with Gasteiger partial charge in [0, 0.05) is 6.54 Å². The molecule has 1 aliphatic rings. The number of carbonyl (C=O) groups is 1. The molecule has 0 aliphatic heterocycles. The molecule has 3 nitrogen and oxygen atoms in total. The summed E-state index contributed by atoms with van der Waals surface area (Å²) >= 11 is 0. The first kappa shape index (κ1) is 7.54. The highest BCUT2D eigenvalue weighted by Crippen LogP contribution is 2.45. The van der Waals surface area contributed by atoms with Crippen molar-refractivity contribution in [2.45, 2.75) is 19.8 Å². The normalized spacial score (nSPS) is 20.5. The van der Waals surface area contributed by atoms with Crippen LogP contribution in [-0.4, -0.2) is 24.2 Å². The van der Waals surface area contributed by atoms with Crippen LogP contribution in [0.25, 0.3) is 0 Å². The smallest absolute Gasteiger partial charge is 0.310 e. The number of carboxylic acids is 1. The summed E-state index contributed by atoms with van der Waals surface area (Å²) in [5.74, 6) is -0.645. The van der Waals surface area contributed by atoms with Crippen LogP contribution in [0, 0.1) is 5.41 Å². The van der Waals surface area contributed by atoms with Crippen LogP contribution in [0.3, 0.4) is 0 Å². The van der Waals surface area contributed by atoms with E-state index < -0.39 is 11.4 Å². The standard InChI is InChI=1S/C7H13NO2/c1-2-8-5-7(3-4-7)6(9)10/h8H,2-5H2,1H3,(H,9,10). The van der Waals surface area contributed by atoms with Crippen molar-refractivity contribution in [3.05, 3.63) is 0 Å². The lowest BCUT2D eigenvalue weighted by Gasteiger charge is -2.08. The predicted octanol–water partition coefficient (Wildman–Crippen LogP) is 0.461. The van der Waals surface area contributed by atoms with Gasteiger partial charge in [-0.25, -0.2) is 0 Å². The van der Waals surface area contributed by atoms with Crippen LogP contribution in [0.5, 0.6) is 0 Å². The molecule has 0 amide bonds. The van der Waals surface area contributed by atoms with Crippen molar-refractivity contribution < 1.29 is 9.90 Å². The molecule has 0 spiro atoms. The largest absolute Gasteiger partial charge is 0.481 e. The van der Waals surface area contributed by atoms with Crippen LogP contribution in [0.15, 0.2) is 0 Å². The first-order valence-corrected chi connectivity index (χ1v) is 3.65. The summed E-state index contributed by atoms with van der Waals surface area (Å²) in [5.41, 5.74) is -0.393. The Morgan fingerprint density at radius 1 is 1.70 bits per heavy atom. The first-order valence-electron chi connectivity index (χ1n) is 3.65. The summed E-state index contributed by atoms with van der Waals surface area (Å²) in [6.45, 7) is 3.48. The summed E-state index contributed by atoms with van der Waals surface area (Å²) in [5, 5.41) is 11.7. The Hall–Kier alpha value is -0.570. The number of nitrogens with one attached hydrogen (secondary N) is 1. The Bertz CT molecular complexity index is 141. The molecule has 1 rings (SSSR count). The lowest BCUT2D eigenvalue weighted by molar-refractivity contribution is -0.143. The fourth-order valence-electron chi connectivity index (χ4n) is 0.981. The van der Waals surface area contributed by atoms with E-state index in [9.17, 15) is 4.79 Å². The molecular weight excluding hydrogens is 130 g/mol. The van der Waals surface area contributed by atoms with Gasteiger partial charge < -0.3 is 10.4 Å². The van der Waals surface area contributed by atoms with Crippen molar-refractivity contribution in [1.82, 2.24) is 5.32 Å². The molecule has 1 saturated carbocycles. The van der Waals surface area contributed by atoms with Crippen LogP contribution < -0.4 is 5.32 Å². The third-order valence-electron chi connectivity index (χ3n) is 2.02. The van der Waals surface area contributed by atoms with Crippen LogP contribution in [0.2, 0.25) is 0 Å². The van der Waals surface area contributed by atoms with E-state index in [4.69, 9.17) is 5.11 Å². The summed E-state index contributed by atoms with van der Waals surface area (Å²) in [6.07, 6.45) is 1.69. The van der Waals surface area contributed by atoms with Crippen LogP contribution in [-0.2, 0) is 4.79 Å². The third kappa shape index (κ3) is 1.29. The quantitative estimate of drug-likeness (QED) is 0.601. The molecule has 58 valence electrons. The van der Waals surface area contributed by atoms with E-state index in [0.717, 1.165) is 19.4 Å². The van der Waals surface area contributed by atoms with Gasteiger partial charge in [-0.2, -0.15) is 0 Å². The first-order chi connectivity index (χ1) is 4.71. The number of hydrogen-bond acceptors (Lipinski definition) is 2. The highest BCUT2D eigenvalue weighted by molar-refractivity contribution is 5.78. The zero-order valence-electron chi connectivity index (χ0n) is 6.18. The minimum absolute atomic E-state index is 0.393. The van der Waals surface area contributed by atoms with E-state index in [1.807, 2.05) is 6.92 Å². The van der Waals surface area contributed by atoms with Gasteiger partial charge in [-0.3, -0.25) is 4.79 Å². The van der Waals surface area contributed by atoms with E-state index >= 15 is 0 Å². The fraction of sp³-hybridized carbons (Fsp3) is 0.857. The third-order valence-corrected chi connectivity index (χ3v) is 2.02. The maximum Gasteiger partial charge on any atom is 0.310 e. The van der Waals surface area contributed by atoms with Crippen LogP contribution in [0.4, 0.5) is 0 Å². The molecule has 3 heteroatoms. The summed E-state index contributed by atoms with van der Waals surface area (Å²) in [7, 11) is 0. The molecule has 0 aromatic carbocycles. The second-order valence-electron chi connectivity index (χ2n) is 2.87. The average Bonchev–Trinajstić information content (AvgIpc) is 2.64. The molecular formula is C7H13NO2. The number of aliphatic carboxylic acids is 1. The Balaban J connectivity index is 2.31. The van der Waals surface area contributed by atoms with E-state index in [2.05, 4.69) is 5.32 Å². The molecule has 0 saturated heterocycles. The Morgan fingerprint density at radius 3 is 2.60 bits per heavy atom. The second-order valence-corrected chi connectivity index (χ2v) is 2.87. The number of hydrogen-bond donors (Lipinski definition) is 2. The van der Waals surface area contributed by atoms with Crippen molar-refractivity contribution in [2.75, 3.05) is 13.1 Å². The summed E-state index contributed by atoms with van der Waals surface area (Å²) in [4.78, 5) is 10.5. The summed E-state index contributed by atoms with van der Waals surface area (Å²) in [6, 6.07) is 0. The molecule has 10 heavy (non-hydrogen) atoms. The van der Waals surface area contributed by atoms with Crippen molar-refractivity contribution in [3.8, 4) is 0 Å². The maximum atomic E-state index is 10.5.